The maximum Gasteiger partial charge on any atom is 0.314 e. The van der Waals surface area contributed by atoms with Crippen LogP contribution < -0.4 is 18.9 Å². The molecule has 142 valence electrons. The van der Waals surface area contributed by atoms with Gasteiger partial charge in [0.15, 0.2) is 11.5 Å². The molecule has 0 bridgehead atoms. The zero-order valence-corrected chi connectivity index (χ0v) is 14.4. The van der Waals surface area contributed by atoms with E-state index in [2.05, 4.69) is 0 Å². The van der Waals surface area contributed by atoms with Gasteiger partial charge in [0.25, 0.3) is 0 Å². The first-order valence-electron chi connectivity index (χ1n) is 8.29. The van der Waals surface area contributed by atoms with Crippen LogP contribution in [0.1, 0.15) is 17.0 Å². The van der Waals surface area contributed by atoms with Crippen LogP contribution in [0.5, 0.6) is 23.0 Å². The standard InChI is InChI=1S/C19H18O8/c1-24-11-4-2-10(3-5-11)16-12-6-14-15(26-9-25-14)7-13(12)27-19(23,8-20)17(16)18(21)22/h2-7,16-17,20,23H,8-9H2,1H3,(H,21,22)/t16-,17+,19+/m1/s1. The Labute approximate surface area is 154 Å². The van der Waals surface area contributed by atoms with Gasteiger partial charge in [-0.3, -0.25) is 4.79 Å². The molecule has 2 aromatic carbocycles. The van der Waals surface area contributed by atoms with Gasteiger partial charge in [-0.1, -0.05) is 12.1 Å². The molecule has 0 saturated heterocycles. The van der Waals surface area contributed by atoms with Crippen LogP contribution >= 0.6 is 0 Å². The maximum absolute atomic E-state index is 12.0. The molecule has 3 N–H and O–H groups in total. The Morgan fingerprint density at radius 2 is 1.85 bits per heavy atom. The number of benzene rings is 2. The fraction of sp³-hybridized carbons (Fsp3) is 0.316. The van der Waals surface area contributed by atoms with E-state index >= 15 is 0 Å². The Balaban J connectivity index is 1.92. The summed E-state index contributed by atoms with van der Waals surface area (Å²) >= 11 is 0. The molecule has 2 heterocycles. The SMILES string of the molecule is COc1ccc([C@@H]2c3cc4c(cc3O[C@@](O)(CO)[C@@H]2C(=O)O)OCO4)cc1. The summed E-state index contributed by atoms with van der Waals surface area (Å²) in [6.07, 6.45) is 0. The van der Waals surface area contributed by atoms with E-state index < -0.39 is 30.2 Å². The third kappa shape index (κ3) is 2.73. The normalized spacial score (nSPS) is 25.4. The number of ether oxygens (including phenoxy) is 4. The Morgan fingerprint density at radius 3 is 2.44 bits per heavy atom. The van der Waals surface area contributed by atoms with Gasteiger partial charge in [-0.05, 0) is 23.8 Å². The molecular weight excluding hydrogens is 356 g/mol. The highest BCUT2D eigenvalue weighted by atomic mass is 16.7. The first kappa shape index (κ1) is 17.4. The van der Waals surface area contributed by atoms with Crippen molar-refractivity contribution in [2.75, 3.05) is 20.5 Å². The van der Waals surface area contributed by atoms with Gasteiger partial charge in [-0.25, -0.2) is 0 Å². The van der Waals surface area contributed by atoms with Gasteiger partial charge in [-0.15, -0.1) is 0 Å². The van der Waals surface area contributed by atoms with Gasteiger partial charge in [0.2, 0.25) is 12.6 Å². The van der Waals surface area contributed by atoms with Gasteiger partial charge in [-0.2, -0.15) is 0 Å². The van der Waals surface area contributed by atoms with Crippen molar-refractivity contribution in [1.29, 1.82) is 0 Å². The number of aliphatic hydroxyl groups is 2. The first-order valence-corrected chi connectivity index (χ1v) is 8.29. The molecule has 8 nitrogen and oxygen atoms in total. The molecule has 0 amide bonds. The van der Waals surface area contributed by atoms with Gasteiger partial charge in [0, 0.05) is 17.5 Å². The largest absolute Gasteiger partial charge is 0.497 e. The molecule has 0 saturated carbocycles. The molecular formula is C19H18O8. The lowest BCUT2D eigenvalue weighted by Crippen LogP contribution is -2.55. The number of aliphatic carboxylic acids is 1. The average molecular weight is 374 g/mol. The van der Waals surface area contributed by atoms with Crippen LogP contribution in [0.2, 0.25) is 0 Å². The summed E-state index contributed by atoms with van der Waals surface area (Å²) in [4.78, 5) is 12.0. The molecule has 0 radical (unpaired) electrons. The Kier molecular flexibility index (Phi) is 4.09. The van der Waals surface area contributed by atoms with E-state index in [4.69, 9.17) is 18.9 Å². The number of carbonyl (C=O) groups is 1. The number of carboxylic acids is 1. The molecule has 2 aliphatic rings. The molecule has 27 heavy (non-hydrogen) atoms. The third-order valence-electron chi connectivity index (χ3n) is 4.91. The van der Waals surface area contributed by atoms with E-state index in [1.807, 2.05) is 0 Å². The van der Waals surface area contributed by atoms with E-state index in [1.165, 1.54) is 13.2 Å². The topological polar surface area (TPSA) is 115 Å². The van der Waals surface area contributed by atoms with Crippen LogP contribution in [0.3, 0.4) is 0 Å². The number of hydrogen-bond acceptors (Lipinski definition) is 7. The van der Waals surface area contributed by atoms with Gasteiger partial charge >= 0.3 is 5.97 Å². The van der Waals surface area contributed by atoms with Crippen molar-refractivity contribution >= 4 is 5.97 Å². The van der Waals surface area contributed by atoms with E-state index in [-0.39, 0.29) is 12.5 Å². The van der Waals surface area contributed by atoms with Crippen molar-refractivity contribution in [2.24, 2.45) is 5.92 Å². The Bertz CT molecular complexity index is 878. The zero-order chi connectivity index (χ0) is 19.2. The smallest absolute Gasteiger partial charge is 0.314 e. The minimum Gasteiger partial charge on any atom is -0.497 e. The van der Waals surface area contributed by atoms with Gasteiger partial charge in [0.05, 0.1) is 7.11 Å². The molecule has 4 rings (SSSR count). The van der Waals surface area contributed by atoms with E-state index in [1.54, 1.807) is 30.3 Å². The van der Waals surface area contributed by atoms with Crippen molar-refractivity contribution in [2.45, 2.75) is 11.7 Å². The van der Waals surface area contributed by atoms with Gasteiger partial charge in [0.1, 0.15) is 24.0 Å². The lowest BCUT2D eigenvalue weighted by molar-refractivity contribution is -0.220. The molecule has 2 aromatic rings. The van der Waals surface area contributed by atoms with Crippen LogP contribution in [0, 0.1) is 5.92 Å². The minimum absolute atomic E-state index is 0.0397. The monoisotopic (exact) mass is 374 g/mol. The highest BCUT2D eigenvalue weighted by Gasteiger charge is 2.54. The average Bonchev–Trinajstić information content (AvgIpc) is 3.12. The molecule has 2 aliphatic heterocycles. The van der Waals surface area contributed by atoms with Crippen LogP contribution in [-0.4, -0.2) is 47.6 Å². The lowest BCUT2D eigenvalue weighted by Gasteiger charge is -2.42. The summed E-state index contributed by atoms with van der Waals surface area (Å²) < 4.78 is 21.4. The summed E-state index contributed by atoms with van der Waals surface area (Å²) in [5, 5.41) is 30.3. The van der Waals surface area contributed by atoms with Crippen molar-refractivity contribution in [3.63, 3.8) is 0 Å². The molecule has 0 unspecified atom stereocenters. The summed E-state index contributed by atoms with van der Waals surface area (Å²) in [5.74, 6) is -4.08. The van der Waals surface area contributed by atoms with Crippen molar-refractivity contribution in [1.82, 2.24) is 0 Å². The number of hydrogen-bond donors (Lipinski definition) is 3. The molecule has 0 spiro atoms. The quantitative estimate of drug-likeness (QED) is 0.734. The van der Waals surface area contributed by atoms with Crippen LogP contribution in [0.15, 0.2) is 36.4 Å². The number of carboxylic acid groups (broad SMARTS) is 1. The minimum atomic E-state index is -2.29. The molecule has 0 fully saturated rings. The van der Waals surface area contributed by atoms with Crippen molar-refractivity contribution in [3.8, 4) is 23.0 Å². The summed E-state index contributed by atoms with van der Waals surface area (Å²) in [6, 6.07) is 10.0. The molecule has 0 aliphatic carbocycles. The summed E-state index contributed by atoms with van der Waals surface area (Å²) in [6.45, 7) is -0.845. The Hall–Kier alpha value is -2.97. The first-order chi connectivity index (χ1) is 13.0. The van der Waals surface area contributed by atoms with Crippen LogP contribution in [-0.2, 0) is 4.79 Å². The lowest BCUT2D eigenvalue weighted by atomic mass is 9.74. The second-order valence-corrected chi connectivity index (χ2v) is 6.42. The van der Waals surface area contributed by atoms with Crippen LogP contribution in [0.4, 0.5) is 0 Å². The maximum atomic E-state index is 12.0. The summed E-state index contributed by atoms with van der Waals surface area (Å²) in [7, 11) is 1.53. The second-order valence-electron chi connectivity index (χ2n) is 6.42. The van der Waals surface area contributed by atoms with Gasteiger partial charge < -0.3 is 34.3 Å². The Morgan fingerprint density at radius 1 is 1.19 bits per heavy atom. The molecule has 8 heteroatoms. The highest BCUT2D eigenvalue weighted by molar-refractivity contribution is 5.75. The fourth-order valence-corrected chi connectivity index (χ4v) is 3.61. The third-order valence-corrected chi connectivity index (χ3v) is 4.91. The van der Waals surface area contributed by atoms with Crippen molar-refractivity contribution in [3.05, 3.63) is 47.5 Å². The van der Waals surface area contributed by atoms with Crippen LogP contribution in [0.25, 0.3) is 0 Å². The number of rotatable bonds is 4. The number of methoxy groups -OCH3 is 1. The predicted octanol–water partition coefficient (Wildman–Crippen LogP) is 1.33. The zero-order valence-electron chi connectivity index (χ0n) is 14.4. The second kappa shape index (κ2) is 6.33. The van der Waals surface area contributed by atoms with E-state index in [0.717, 1.165) is 0 Å². The van der Waals surface area contributed by atoms with Crippen molar-refractivity contribution < 1.29 is 39.1 Å². The van der Waals surface area contributed by atoms with E-state index in [9.17, 15) is 20.1 Å². The number of aliphatic hydroxyl groups excluding tert-OH is 1. The van der Waals surface area contributed by atoms with E-state index in [0.29, 0.717) is 28.4 Å². The molecule has 3 atom stereocenters. The highest BCUT2D eigenvalue weighted by Crippen LogP contribution is 2.51. The summed E-state index contributed by atoms with van der Waals surface area (Å²) in [5.41, 5.74) is 1.15. The molecule has 0 aromatic heterocycles. The predicted molar refractivity (Wildman–Crippen MR) is 91.2 cm³/mol. The fourth-order valence-electron chi connectivity index (χ4n) is 3.61. The number of fused-ring (bicyclic) bond motifs is 2.